The van der Waals surface area contributed by atoms with Crippen LogP contribution in [0.5, 0.6) is 0 Å². The number of rotatable bonds is 1. The zero-order chi connectivity index (χ0) is 10.3. The first-order chi connectivity index (χ1) is 6.63. The monoisotopic (exact) mass is 209 g/mol. The van der Waals surface area contributed by atoms with E-state index in [1.165, 1.54) is 0 Å². The van der Waals surface area contributed by atoms with Crippen molar-refractivity contribution in [2.75, 3.05) is 0 Å². The largest absolute Gasteiger partial charge is 0.296 e. The van der Waals surface area contributed by atoms with Gasteiger partial charge in [-0.05, 0) is 19.9 Å². The molecule has 0 aliphatic rings. The highest BCUT2D eigenvalue weighted by atomic mass is 35.5. The Bertz CT molecular complexity index is 518. The number of aryl methyl sites for hydroxylation is 2. The Morgan fingerprint density at radius 2 is 2.14 bits per heavy atom. The van der Waals surface area contributed by atoms with E-state index in [1.807, 2.05) is 19.9 Å². The minimum absolute atomic E-state index is 0.196. The molecule has 0 amide bonds. The molecule has 0 bridgehead atoms. The van der Waals surface area contributed by atoms with Crippen LogP contribution in [0.2, 0.25) is 5.15 Å². The zero-order valence-corrected chi connectivity index (χ0v) is 8.54. The number of hydrogen-bond donors (Lipinski definition) is 0. The van der Waals surface area contributed by atoms with Crippen molar-refractivity contribution in [3.05, 3.63) is 28.3 Å². The molecule has 4 nitrogen and oxygen atoms in total. The highest BCUT2D eigenvalue weighted by Gasteiger charge is 2.12. The molecule has 0 fully saturated rings. The SMILES string of the molecule is Cc1cc(C)n2c(C=O)c(Cl)nc2n1. The van der Waals surface area contributed by atoms with Gasteiger partial charge in [0, 0.05) is 11.4 Å². The van der Waals surface area contributed by atoms with Gasteiger partial charge in [-0.25, -0.2) is 4.98 Å². The van der Waals surface area contributed by atoms with Gasteiger partial charge in [-0.3, -0.25) is 9.20 Å². The lowest BCUT2D eigenvalue weighted by molar-refractivity contribution is 0.111. The molecule has 2 aromatic heterocycles. The molecule has 0 radical (unpaired) electrons. The minimum atomic E-state index is 0.196. The molecular formula is C9H8ClN3O. The molecule has 0 saturated heterocycles. The van der Waals surface area contributed by atoms with E-state index in [9.17, 15) is 4.79 Å². The highest BCUT2D eigenvalue weighted by Crippen LogP contribution is 2.17. The molecule has 0 aliphatic heterocycles. The van der Waals surface area contributed by atoms with E-state index in [4.69, 9.17) is 11.6 Å². The maximum Gasteiger partial charge on any atom is 0.236 e. The van der Waals surface area contributed by atoms with Crippen molar-refractivity contribution in [3.63, 3.8) is 0 Å². The van der Waals surface area contributed by atoms with E-state index in [-0.39, 0.29) is 5.15 Å². The summed E-state index contributed by atoms with van der Waals surface area (Å²) in [7, 11) is 0. The maximum atomic E-state index is 10.8. The number of aromatic nitrogens is 3. The third kappa shape index (κ3) is 1.19. The van der Waals surface area contributed by atoms with Crippen molar-refractivity contribution in [3.8, 4) is 0 Å². The lowest BCUT2D eigenvalue weighted by atomic mass is 10.3. The van der Waals surface area contributed by atoms with Crippen molar-refractivity contribution in [1.29, 1.82) is 0 Å². The lowest BCUT2D eigenvalue weighted by Gasteiger charge is -2.01. The van der Waals surface area contributed by atoms with E-state index in [1.54, 1.807) is 4.40 Å². The molecule has 0 unspecified atom stereocenters. The summed E-state index contributed by atoms with van der Waals surface area (Å²) >= 11 is 5.79. The summed E-state index contributed by atoms with van der Waals surface area (Å²) in [6, 6.07) is 1.87. The average Bonchev–Trinajstić information content (AvgIpc) is 2.40. The van der Waals surface area contributed by atoms with E-state index in [2.05, 4.69) is 9.97 Å². The van der Waals surface area contributed by atoms with Gasteiger partial charge in [0.2, 0.25) is 5.78 Å². The Morgan fingerprint density at radius 3 is 2.79 bits per heavy atom. The van der Waals surface area contributed by atoms with Crippen LogP contribution in [-0.4, -0.2) is 20.7 Å². The van der Waals surface area contributed by atoms with Crippen LogP contribution in [0.15, 0.2) is 6.07 Å². The third-order valence-corrected chi connectivity index (χ3v) is 2.29. The summed E-state index contributed by atoms with van der Waals surface area (Å²) in [6.07, 6.45) is 0.687. The van der Waals surface area contributed by atoms with Crippen LogP contribution in [0.4, 0.5) is 0 Å². The number of carbonyl (C=O) groups excluding carboxylic acids is 1. The fraction of sp³-hybridized carbons (Fsp3) is 0.222. The van der Waals surface area contributed by atoms with Crippen molar-refractivity contribution in [2.45, 2.75) is 13.8 Å². The minimum Gasteiger partial charge on any atom is -0.296 e. The second-order valence-electron chi connectivity index (χ2n) is 3.08. The molecular weight excluding hydrogens is 202 g/mol. The van der Waals surface area contributed by atoms with Crippen LogP contribution in [0.1, 0.15) is 21.9 Å². The van der Waals surface area contributed by atoms with Crippen LogP contribution in [0, 0.1) is 13.8 Å². The van der Waals surface area contributed by atoms with Crippen LogP contribution in [0.3, 0.4) is 0 Å². The van der Waals surface area contributed by atoms with Gasteiger partial charge in [-0.1, -0.05) is 11.6 Å². The molecule has 0 N–H and O–H groups in total. The van der Waals surface area contributed by atoms with E-state index >= 15 is 0 Å². The second kappa shape index (κ2) is 3.06. The Hall–Kier alpha value is -1.42. The van der Waals surface area contributed by atoms with Gasteiger partial charge in [-0.2, -0.15) is 4.98 Å². The standard InChI is InChI=1S/C9H8ClN3O/c1-5-3-6(2)13-7(4-14)8(10)12-9(13)11-5/h3-4H,1-2H3. The topological polar surface area (TPSA) is 47.3 Å². The number of aldehydes is 1. The molecule has 72 valence electrons. The Balaban J connectivity index is 2.95. The fourth-order valence-corrected chi connectivity index (χ4v) is 1.68. The van der Waals surface area contributed by atoms with Gasteiger partial charge in [0.05, 0.1) is 0 Å². The summed E-state index contributed by atoms with van der Waals surface area (Å²) < 4.78 is 1.64. The molecule has 5 heteroatoms. The molecule has 2 rings (SSSR count). The molecule has 2 aromatic rings. The number of hydrogen-bond acceptors (Lipinski definition) is 3. The smallest absolute Gasteiger partial charge is 0.236 e. The maximum absolute atomic E-state index is 10.8. The zero-order valence-electron chi connectivity index (χ0n) is 7.78. The van der Waals surface area contributed by atoms with Gasteiger partial charge in [-0.15, -0.1) is 0 Å². The Labute approximate surface area is 85.5 Å². The summed E-state index contributed by atoms with van der Waals surface area (Å²) in [5, 5.41) is 0.196. The van der Waals surface area contributed by atoms with Crippen molar-refractivity contribution in [1.82, 2.24) is 14.4 Å². The fourth-order valence-electron chi connectivity index (χ4n) is 1.48. The Morgan fingerprint density at radius 1 is 1.43 bits per heavy atom. The van der Waals surface area contributed by atoms with Crippen LogP contribution in [-0.2, 0) is 0 Å². The van der Waals surface area contributed by atoms with Crippen molar-refractivity contribution in [2.24, 2.45) is 0 Å². The van der Waals surface area contributed by atoms with Gasteiger partial charge >= 0.3 is 0 Å². The molecule has 0 atom stereocenters. The first kappa shape index (κ1) is 9.15. The second-order valence-corrected chi connectivity index (χ2v) is 3.44. The predicted octanol–water partition coefficient (Wildman–Crippen LogP) is 1.81. The summed E-state index contributed by atoms with van der Waals surface area (Å²) in [5.74, 6) is 0.467. The number of imidazole rings is 1. The van der Waals surface area contributed by atoms with Gasteiger partial charge in [0.1, 0.15) is 5.69 Å². The van der Waals surface area contributed by atoms with Crippen LogP contribution >= 0.6 is 11.6 Å². The average molecular weight is 210 g/mol. The third-order valence-electron chi connectivity index (χ3n) is 2.01. The number of fused-ring (bicyclic) bond motifs is 1. The number of carbonyl (C=O) groups is 1. The first-order valence-corrected chi connectivity index (χ1v) is 4.48. The molecule has 14 heavy (non-hydrogen) atoms. The van der Waals surface area contributed by atoms with Gasteiger partial charge in [0.15, 0.2) is 11.4 Å². The summed E-state index contributed by atoms with van der Waals surface area (Å²) in [4.78, 5) is 18.9. The van der Waals surface area contributed by atoms with Crippen molar-refractivity contribution >= 4 is 23.7 Å². The lowest BCUT2D eigenvalue weighted by Crippen LogP contribution is -1.99. The van der Waals surface area contributed by atoms with Crippen LogP contribution < -0.4 is 0 Å². The highest BCUT2D eigenvalue weighted by molar-refractivity contribution is 6.31. The normalized spacial score (nSPS) is 10.8. The van der Waals surface area contributed by atoms with Crippen LogP contribution in [0.25, 0.3) is 5.78 Å². The number of nitrogens with zero attached hydrogens (tertiary/aromatic N) is 3. The predicted molar refractivity (Wildman–Crippen MR) is 52.9 cm³/mol. The molecule has 0 spiro atoms. The summed E-state index contributed by atoms with van der Waals surface area (Å²) in [6.45, 7) is 3.75. The van der Waals surface area contributed by atoms with Gasteiger partial charge in [0.25, 0.3) is 0 Å². The summed E-state index contributed by atoms with van der Waals surface area (Å²) in [5.41, 5.74) is 2.11. The van der Waals surface area contributed by atoms with E-state index in [0.29, 0.717) is 17.8 Å². The molecule has 0 aromatic carbocycles. The molecule has 0 aliphatic carbocycles. The molecule has 0 saturated carbocycles. The van der Waals surface area contributed by atoms with Gasteiger partial charge < -0.3 is 0 Å². The Kier molecular flexibility index (Phi) is 2.00. The quantitative estimate of drug-likeness (QED) is 0.673. The molecule has 2 heterocycles. The first-order valence-electron chi connectivity index (χ1n) is 4.11. The van der Waals surface area contributed by atoms with Crippen molar-refractivity contribution < 1.29 is 4.79 Å². The van der Waals surface area contributed by atoms with E-state index < -0.39 is 0 Å². The number of halogens is 1. The van der Waals surface area contributed by atoms with E-state index in [0.717, 1.165) is 11.4 Å².